The van der Waals surface area contributed by atoms with Crippen molar-refractivity contribution in [2.75, 3.05) is 11.2 Å². The van der Waals surface area contributed by atoms with E-state index in [2.05, 4.69) is 25.5 Å². The van der Waals surface area contributed by atoms with Crippen LogP contribution in [0.5, 0.6) is 5.75 Å². The minimum atomic E-state index is 0. The molecule has 7 nitrogen and oxygen atoms in total. The van der Waals surface area contributed by atoms with Gasteiger partial charge in [0, 0.05) is 5.56 Å². The summed E-state index contributed by atoms with van der Waals surface area (Å²) in [5.74, 6) is 1.03. The Morgan fingerprint density at radius 2 is 2.00 bits per heavy atom. The maximum atomic E-state index is 9.52. The molecule has 0 saturated heterocycles. The minimum absolute atomic E-state index is 0. The van der Waals surface area contributed by atoms with Crippen LogP contribution in [0.25, 0.3) is 0 Å². The summed E-state index contributed by atoms with van der Waals surface area (Å²) in [5.41, 5.74) is 8.68. The van der Waals surface area contributed by atoms with Crippen LogP contribution in [0.2, 0.25) is 0 Å². The van der Waals surface area contributed by atoms with Gasteiger partial charge in [-0.25, -0.2) is 5.43 Å². The van der Waals surface area contributed by atoms with Crippen molar-refractivity contribution in [2.45, 2.75) is 6.92 Å². The standard InChI is InChI=1S/C11H12N6O.ClH/c1-7-14-10(12)16-11(15-7)17-13-6-8-4-2-3-5-9(8)18;/h2-6,18H,1H3,(H3,12,14,15,16,17);1H. The highest BCUT2D eigenvalue weighted by Crippen LogP contribution is 2.12. The molecule has 4 N–H and O–H groups in total. The Labute approximate surface area is 116 Å². The van der Waals surface area contributed by atoms with Gasteiger partial charge in [0.2, 0.25) is 11.9 Å². The quantitative estimate of drug-likeness (QED) is 0.578. The smallest absolute Gasteiger partial charge is 0.248 e. The molecule has 2 rings (SSSR count). The molecule has 8 heteroatoms. The molecule has 0 aliphatic carbocycles. The Morgan fingerprint density at radius 3 is 2.68 bits per heavy atom. The van der Waals surface area contributed by atoms with Crippen molar-refractivity contribution in [3.63, 3.8) is 0 Å². The number of phenolic OH excluding ortho intramolecular Hbond substituents is 1. The molecule has 0 spiro atoms. The summed E-state index contributed by atoms with van der Waals surface area (Å²) in [6.45, 7) is 1.70. The summed E-state index contributed by atoms with van der Waals surface area (Å²) < 4.78 is 0. The molecule has 0 fully saturated rings. The summed E-state index contributed by atoms with van der Waals surface area (Å²) in [5, 5.41) is 13.4. The van der Waals surface area contributed by atoms with Crippen molar-refractivity contribution in [3.05, 3.63) is 35.7 Å². The molecular formula is C11H13ClN6O. The van der Waals surface area contributed by atoms with E-state index in [1.807, 2.05) is 0 Å². The number of aromatic nitrogens is 3. The number of nitrogens with two attached hydrogens (primary N) is 1. The average molecular weight is 281 g/mol. The predicted molar refractivity (Wildman–Crippen MR) is 75.5 cm³/mol. The lowest BCUT2D eigenvalue weighted by atomic mass is 10.2. The summed E-state index contributed by atoms with van der Waals surface area (Å²) >= 11 is 0. The first-order valence-electron chi connectivity index (χ1n) is 5.20. The monoisotopic (exact) mass is 280 g/mol. The molecule has 19 heavy (non-hydrogen) atoms. The molecule has 1 aromatic heterocycles. The highest BCUT2D eigenvalue weighted by molar-refractivity contribution is 5.85. The van der Waals surface area contributed by atoms with Gasteiger partial charge in [-0.15, -0.1) is 12.4 Å². The first-order chi connectivity index (χ1) is 8.65. The van der Waals surface area contributed by atoms with Gasteiger partial charge in [0.05, 0.1) is 6.21 Å². The minimum Gasteiger partial charge on any atom is -0.507 e. The van der Waals surface area contributed by atoms with Crippen LogP contribution in [0.4, 0.5) is 11.9 Å². The summed E-state index contributed by atoms with van der Waals surface area (Å²) in [6.07, 6.45) is 1.46. The number of hydrogen-bond donors (Lipinski definition) is 3. The third kappa shape index (κ3) is 4.07. The Morgan fingerprint density at radius 1 is 1.26 bits per heavy atom. The molecule has 0 atom stereocenters. The van der Waals surface area contributed by atoms with Crippen molar-refractivity contribution < 1.29 is 5.11 Å². The number of nitrogens with zero attached hydrogens (tertiary/aromatic N) is 4. The van der Waals surface area contributed by atoms with Crippen LogP contribution in [0, 0.1) is 6.92 Å². The number of nitrogens with one attached hydrogen (secondary N) is 1. The molecule has 0 bridgehead atoms. The van der Waals surface area contributed by atoms with Gasteiger partial charge in [0.25, 0.3) is 0 Å². The van der Waals surface area contributed by atoms with Crippen LogP contribution in [0.3, 0.4) is 0 Å². The van der Waals surface area contributed by atoms with Crippen molar-refractivity contribution in [2.24, 2.45) is 5.10 Å². The molecular weight excluding hydrogens is 268 g/mol. The SMILES string of the molecule is Cc1nc(N)nc(NN=Cc2ccccc2O)n1.Cl. The predicted octanol–water partition coefficient (Wildman–Crippen LogP) is 1.34. The zero-order valence-corrected chi connectivity index (χ0v) is 10.9. The fraction of sp³-hybridized carbons (Fsp3) is 0.0909. The molecule has 2 aromatic rings. The second-order valence-electron chi connectivity index (χ2n) is 3.49. The lowest BCUT2D eigenvalue weighted by Gasteiger charge is -2.01. The van der Waals surface area contributed by atoms with E-state index in [9.17, 15) is 5.11 Å². The van der Waals surface area contributed by atoms with Crippen LogP contribution in [0.15, 0.2) is 29.4 Å². The van der Waals surface area contributed by atoms with Gasteiger partial charge in [0.1, 0.15) is 11.6 Å². The number of halogens is 1. The van der Waals surface area contributed by atoms with Gasteiger partial charge >= 0.3 is 0 Å². The Balaban J connectivity index is 0.00000180. The zero-order valence-electron chi connectivity index (χ0n) is 10.1. The van der Waals surface area contributed by atoms with E-state index in [1.54, 1.807) is 31.2 Å². The molecule has 0 radical (unpaired) electrons. The fourth-order valence-corrected chi connectivity index (χ4v) is 1.31. The number of anilines is 2. The number of phenols is 1. The Bertz CT molecular complexity index is 569. The largest absolute Gasteiger partial charge is 0.507 e. The number of hydrogen-bond acceptors (Lipinski definition) is 7. The second-order valence-corrected chi connectivity index (χ2v) is 3.49. The first-order valence-corrected chi connectivity index (χ1v) is 5.20. The third-order valence-electron chi connectivity index (χ3n) is 2.07. The van der Waals surface area contributed by atoms with Crippen LogP contribution in [-0.2, 0) is 0 Å². The van der Waals surface area contributed by atoms with E-state index in [-0.39, 0.29) is 30.1 Å². The van der Waals surface area contributed by atoms with Gasteiger partial charge in [-0.1, -0.05) is 12.1 Å². The molecule has 0 aliphatic rings. The molecule has 0 unspecified atom stereocenters. The number of aromatic hydroxyl groups is 1. The summed E-state index contributed by atoms with van der Waals surface area (Å²) in [6, 6.07) is 6.84. The van der Waals surface area contributed by atoms with Gasteiger partial charge in [-0.3, -0.25) is 0 Å². The van der Waals surface area contributed by atoms with Gasteiger partial charge in [0.15, 0.2) is 0 Å². The fourth-order valence-electron chi connectivity index (χ4n) is 1.31. The maximum Gasteiger partial charge on any atom is 0.248 e. The van der Waals surface area contributed by atoms with Crippen molar-refractivity contribution in [1.29, 1.82) is 0 Å². The average Bonchev–Trinajstić information content (AvgIpc) is 2.30. The number of hydrazone groups is 1. The van der Waals surface area contributed by atoms with Crippen LogP contribution >= 0.6 is 12.4 Å². The molecule has 1 heterocycles. The van der Waals surface area contributed by atoms with E-state index in [4.69, 9.17) is 5.73 Å². The topological polar surface area (TPSA) is 109 Å². The molecule has 0 aliphatic heterocycles. The molecule has 1 aromatic carbocycles. The number of benzene rings is 1. The molecule has 0 amide bonds. The van der Waals surface area contributed by atoms with Crippen LogP contribution in [0.1, 0.15) is 11.4 Å². The maximum absolute atomic E-state index is 9.52. The third-order valence-corrected chi connectivity index (χ3v) is 2.07. The number of nitrogen functional groups attached to an aromatic ring is 1. The van der Waals surface area contributed by atoms with Gasteiger partial charge in [-0.2, -0.15) is 20.1 Å². The lowest BCUT2D eigenvalue weighted by Crippen LogP contribution is -2.04. The summed E-state index contributed by atoms with van der Waals surface area (Å²) in [7, 11) is 0. The highest BCUT2D eigenvalue weighted by Gasteiger charge is 1.99. The second kappa shape index (κ2) is 6.50. The highest BCUT2D eigenvalue weighted by atomic mass is 35.5. The zero-order chi connectivity index (χ0) is 13.0. The van der Waals surface area contributed by atoms with Crippen LogP contribution < -0.4 is 11.2 Å². The number of para-hydroxylation sites is 1. The molecule has 0 saturated carbocycles. The normalized spacial score (nSPS) is 10.2. The van der Waals surface area contributed by atoms with Crippen molar-refractivity contribution >= 4 is 30.5 Å². The van der Waals surface area contributed by atoms with Gasteiger partial charge < -0.3 is 10.8 Å². The van der Waals surface area contributed by atoms with Crippen LogP contribution in [-0.4, -0.2) is 26.3 Å². The van der Waals surface area contributed by atoms with E-state index in [0.717, 1.165) is 0 Å². The van der Waals surface area contributed by atoms with E-state index >= 15 is 0 Å². The Hall–Kier alpha value is -2.41. The number of aryl methyl sites for hydroxylation is 1. The van der Waals surface area contributed by atoms with E-state index in [1.165, 1.54) is 6.21 Å². The van der Waals surface area contributed by atoms with E-state index < -0.39 is 0 Å². The summed E-state index contributed by atoms with van der Waals surface area (Å²) in [4.78, 5) is 11.7. The van der Waals surface area contributed by atoms with Crippen molar-refractivity contribution in [3.8, 4) is 5.75 Å². The molecule has 100 valence electrons. The van der Waals surface area contributed by atoms with Crippen molar-refractivity contribution in [1.82, 2.24) is 15.0 Å². The Kier molecular flexibility index (Phi) is 5.01. The van der Waals surface area contributed by atoms with E-state index in [0.29, 0.717) is 11.4 Å². The first kappa shape index (κ1) is 14.7. The lowest BCUT2D eigenvalue weighted by molar-refractivity contribution is 0.474. The van der Waals surface area contributed by atoms with Gasteiger partial charge in [-0.05, 0) is 19.1 Å². The number of rotatable bonds is 3.